The van der Waals surface area contributed by atoms with Gasteiger partial charge in [0.25, 0.3) is 5.91 Å². The molecule has 4 aromatic rings. The van der Waals surface area contributed by atoms with E-state index in [1.807, 2.05) is 54.8 Å². The van der Waals surface area contributed by atoms with E-state index in [-0.39, 0.29) is 5.91 Å². The van der Waals surface area contributed by atoms with Gasteiger partial charge in [0.1, 0.15) is 5.58 Å². The number of carbonyl (C=O) groups excluding carboxylic acids is 1. The summed E-state index contributed by atoms with van der Waals surface area (Å²) in [5, 5.41) is 11.7. The molecular weight excluding hydrogens is 390 g/mol. The van der Waals surface area contributed by atoms with E-state index < -0.39 is 0 Å². The Labute approximate surface area is 180 Å². The van der Waals surface area contributed by atoms with Crippen LogP contribution >= 0.6 is 0 Å². The van der Waals surface area contributed by atoms with Crippen molar-refractivity contribution in [2.75, 3.05) is 31.5 Å². The summed E-state index contributed by atoms with van der Waals surface area (Å²) in [5.74, 6) is -0.189. The van der Waals surface area contributed by atoms with Crippen molar-refractivity contribution >= 4 is 22.6 Å². The van der Waals surface area contributed by atoms with Gasteiger partial charge in [-0.25, -0.2) is 0 Å². The zero-order chi connectivity index (χ0) is 21.0. The van der Waals surface area contributed by atoms with Crippen molar-refractivity contribution in [2.24, 2.45) is 0 Å². The summed E-state index contributed by atoms with van der Waals surface area (Å²) in [4.78, 5) is 15.1. The molecule has 0 radical (unpaired) electrons. The minimum absolute atomic E-state index is 0.189. The lowest BCUT2D eigenvalue weighted by atomic mass is 10.1. The summed E-state index contributed by atoms with van der Waals surface area (Å²) in [5.41, 5.74) is 4.32. The topological polar surface area (TPSA) is 75.3 Å². The number of amides is 1. The van der Waals surface area contributed by atoms with E-state index in [1.165, 1.54) is 5.56 Å². The number of furan rings is 1. The molecule has 1 aliphatic heterocycles. The van der Waals surface area contributed by atoms with E-state index in [2.05, 4.69) is 20.6 Å². The molecule has 0 bridgehead atoms. The Bertz CT molecular complexity index is 1180. The molecule has 0 saturated carbocycles. The van der Waals surface area contributed by atoms with Crippen molar-refractivity contribution in [3.8, 4) is 0 Å². The maximum atomic E-state index is 12.7. The average Bonchev–Trinajstić information content (AvgIpc) is 3.42. The highest BCUT2D eigenvalue weighted by molar-refractivity contribution is 6.04. The van der Waals surface area contributed by atoms with E-state index in [4.69, 9.17) is 4.42 Å². The van der Waals surface area contributed by atoms with Crippen LogP contribution in [0.3, 0.4) is 0 Å². The number of anilines is 1. The van der Waals surface area contributed by atoms with Gasteiger partial charge in [0, 0.05) is 61.6 Å². The number of hydrogen-bond donors (Lipinski definition) is 2. The van der Waals surface area contributed by atoms with Crippen LogP contribution in [0.2, 0.25) is 0 Å². The highest BCUT2D eigenvalue weighted by atomic mass is 16.3. The summed E-state index contributed by atoms with van der Waals surface area (Å²) in [7, 11) is 0. The van der Waals surface area contributed by atoms with E-state index in [0.29, 0.717) is 17.8 Å². The maximum absolute atomic E-state index is 12.7. The number of nitrogens with zero attached hydrogens (tertiary/aromatic N) is 3. The molecule has 0 spiro atoms. The van der Waals surface area contributed by atoms with Crippen LogP contribution in [0, 0.1) is 0 Å². The summed E-state index contributed by atoms with van der Waals surface area (Å²) < 4.78 is 7.55. The van der Waals surface area contributed by atoms with Crippen LogP contribution in [0.4, 0.5) is 5.69 Å². The summed E-state index contributed by atoms with van der Waals surface area (Å²) in [6.45, 7) is 5.63. The Hall–Kier alpha value is -3.42. The van der Waals surface area contributed by atoms with E-state index in [0.717, 1.165) is 49.3 Å². The molecule has 158 valence electrons. The lowest BCUT2D eigenvalue weighted by molar-refractivity contribution is 0.102. The lowest BCUT2D eigenvalue weighted by Gasteiger charge is -2.26. The van der Waals surface area contributed by atoms with Crippen LogP contribution in [-0.4, -0.2) is 46.8 Å². The molecule has 5 rings (SSSR count). The van der Waals surface area contributed by atoms with E-state index in [9.17, 15) is 4.79 Å². The van der Waals surface area contributed by atoms with Crippen molar-refractivity contribution in [1.29, 1.82) is 0 Å². The fourth-order valence-electron chi connectivity index (χ4n) is 3.93. The van der Waals surface area contributed by atoms with Gasteiger partial charge in [-0.3, -0.25) is 14.4 Å². The Morgan fingerprint density at radius 2 is 1.94 bits per heavy atom. The molecule has 1 fully saturated rings. The van der Waals surface area contributed by atoms with Gasteiger partial charge in [-0.15, -0.1) is 0 Å². The van der Waals surface area contributed by atoms with Crippen molar-refractivity contribution in [1.82, 2.24) is 20.0 Å². The largest absolute Gasteiger partial charge is 0.464 e. The standard InChI is InChI=1S/C24H25N5O2/c30-24(19-13-26-29(16-19)14-18-4-2-1-3-5-18)27-21-6-7-22-20(17-31-23(22)12-21)15-28-10-8-25-9-11-28/h1-7,12-13,16-17,25H,8-11,14-15H2,(H,27,30). The quantitative estimate of drug-likeness (QED) is 0.505. The van der Waals surface area contributed by atoms with Crippen LogP contribution in [-0.2, 0) is 13.1 Å². The monoisotopic (exact) mass is 415 g/mol. The Balaban J connectivity index is 1.25. The first-order chi connectivity index (χ1) is 15.2. The van der Waals surface area contributed by atoms with Gasteiger partial charge < -0.3 is 15.1 Å². The molecular formula is C24H25N5O2. The van der Waals surface area contributed by atoms with Crippen molar-refractivity contribution in [2.45, 2.75) is 13.1 Å². The Morgan fingerprint density at radius 1 is 1.10 bits per heavy atom. The molecule has 0 unspecified atom stereocenters. The predicted molar refractivity (Wildman–Crippen MR) is 120 cm³/mol. The molecule has 1 amide bonds. The van der Waals surface area contributed by atoms with Crippen LogP contribution in [0.1, 0.15) is 21.5 Å². The molecule has 7 heteroatoms. The predicted octanol–water partition coefficient (Wildman–Crippen LogP) is 3.34. The van der Waals surface area contributed by atoms with Crippen molar-refractivity contribution in [3.05, 3.63) is 83.9 Å². The number of hydrogen-bond acceptors (Lipinski definition) is 5. The van der Waals surface area contributed by atoms with Gasteiger partial charge in [0.15, 0.2) is 0 Å². The molecule has 2 aromatic heterocycles. The van der Waals surface area contributed by atoms with Crippen LogP contribution in [0.5, 0.6) is 0 Å². The first kappa shape index (κ1) is 19.5. The molecule has 1 aliphatic rings. The molecule has 0 aliphatic carbocycles. The van der Waals surface area contributed by atoms with Gasteiger partial charge >= 0.3 is 0 Å². The molecule has 2 N–H and O–H groups in total. The molecule has 7 nitrogen and oxygen atoms in total. The summed E-state index contributed by atoms with van der Waals surface area (Å²) >= 11 is 0. The third-order valence-electron chi connectivity index (χ3n) is 5.60. The van der Waals surface area contributed by atoms with Gasteiger partial charge in [0.2, 0.25) is 0 Å². The summed E-state index contributed by atoms with van der Waals surface area (Å²) in [6.07, 6.45) is 5.18. The highest BCUT2D eigenvalue weighted by Gasteiger charge is 2.15. The fourth-order valence-corrected chi connectivity index (χ4v) is 3.93. The van der Waals surface area contributed by atoms with Crippen LogP contribution in [0.25, 0.3) is 11.0 Å². The number of fused-ring (bicyclic) bond motifs is 1. The SMILES string of the molecule is O=C(Nc1ccc2c(CN3CCNCC3)coc2c1)c1cnn(Cc2ccccc2)c1. The minimum atomic E-state index is -0.189. The third-order valence-corrected chi connectivity index (χ3v) is 5.60. The Morgan fingerprint density at radius 3 is 2.77 bits per heavy atom. The number of aromatic nitrogens is 2. The normalized spacial score (nSPS) is 14.7. The second kappa shape index (κ2) is 8.75. The third kappa shape index (κ3) is 4.52. The smallest absolute Gasteiger partial charge is 0.258 e. The Kier molecular flexibility index (Phi) is 5.52. The van der Waals surface area contributed by atoms with Crippen molar-refractivity contribution in [3.63, 3.8) is 0 Å². The lowest BCUT2D eigenvalue weighted by Crippen LogP contribution is -2.42. The fraction of sp³-hybridized carbons (Fsp3) is 0.250. The minimum Gasteiger partial charge on any atom is -0.464 e. The number of nitrogens with one attached hydrogen (secondary N) is 2. The highest BCUT2D eigenvalue weighted by Crippen LogP contribution is 2.26. The maximum Gasteiger partial charge on any atom is 0.258 e. The van der Waals surface area contributed by atoms with Crippen molar-refractivity contribution < 1.29 is 9.21 Å². The zero-order valence-corrected chi connectivity index (χ0v) is 17.3. The molecule has 0 atom stereocenters. The molecule has 2 aromatic carbocycles. The zero-order valence-electron chi connectivity index (χ0n) is 17.3. The van der Waals surface area contributed by atoms with E-state index in [1.54, 1.807) is 17.1 Å². The first-order valence-electron chi connectivity index (χ1n) is 10.6. The first-order valence-corrected chi connectivity index (χ1v) is 10.6. The van der Waals surface area contributed by atoms with Gasteiger partial charge in [-0.2, -0.15) is 5.10 Å². The second-order valence-electron chi connectivity index (χ2n) is 7.86. The molecule has 1 saturated heterocycles. The van der Waals surface area contributed by atoms with Gasteiger partial charge in [-0.05, 0) is 17.7 Å². The van der Waals surface area contributed by atoms with E-state index >= 15 is 0 Å². The van der Waals surface area contributed by atoms with Gasteiger partial charge in [-0.1, -0.05) is 30.3 Å². The average molecular weight is 415 g/mol. The number of rotatable bonds is 6. The van der Waals surface area contributed by atoms with Crippen LogP contribution in [0.15, 0.2) is 71.6 Å². The number of piperazine rings is 1. The van der Waals surface area contributed by atoms with Crippen LogP contribution < -0.4 is 10.6 Å². The van der Waals surface area contributed by atoms with Gasteiger partial charge in [0.05, 0.1) is 24.6 Å². The second-order valence-corrected chi connectivity index (χ2v) is 7.86. The molecule has 3 heterocycles. The summed E-state index contributed by atoms with van der Waals surface area (Å²) in [6, 6.07) is 15.9. The number of benzene rings is 2. The number of carbonyl (C=O) groups is 1. The molecule has 31 heavy (non-hydrogen) atoms.